The number of rotatable bonds is 4. The Morgan fingerprint density at radius 2 is 2.15 bits per heavy atom. The molecule has 20 heavy (non-hydrogen) atoms. The summed E-state index contributed by atoms with van der Waals surface area (Å²) in [5.74, 6) is 0. The Morgan fingerprint density at radius 3 is 2.85 bits per heavy atom. The Labute approximate surface area is 117 Å². The summed E-state index contributed by atoms with van der Waals surface area (Å²) in [4.78, 5) is 0. The van der Waals surface area contributed by atoms with E-state index in [0.717, 1.165) is 17.9 Å². The molecule has 1 N–H and O–H groups in total. The average molecular weight is 268 g/mol. The molecule has 1 aromatic carbocycles. The average Bonchev–Trinajstić information content (AvgIpc) is 3.10. The van der Waals surface area contributed by atoms with Crippen molar-refractivity contribution in [1.82, 2.24) is 24.8 Å². The molecule has 3 rings (SSSR count). The van der Waals surface area contributed by atoms with Crippen molar-refractivity contribution < 1.29 is 0 Å². The second kappa shape index (κ2) is 5.16. The zero-order valence-corrected chi connectivity index (χ0v) is 11.5. The minimum absolute atomic E-state index is 0.781. The number of aryl methyl sites for hydroxylation is 2. The minimum Gasteiger partial charge on any atom is -0.379 e. The van der Waals surface area contributed by atoms with Gasteiger partial charge >= 0.3 is 0 Å². The van der Waals surface area contributed by atoms with Gasteiger partial charge in [-0.05, 0) is 47.2 Å². The van der Waals surface area contributed by atoms with Crippen LogP contribution in [0.1, 0.15) is 11.3 Å². The second-order valence-electron chi connectivity index (χ2n) is 4.72. The zero-order chi connectivity index (χ0) is 13.9. The predicted octanol–water partition coefficient (Wildman–Crippen LogP) is 1.92. The van der Waals surface area contributed by atoms with Crippen molar-refractivity contribution in [3.8, 4) is 5.69 Å². The van der Waals surface area contributed by atoms with Crippen molar-refractivity contribution in [2.24, 2.45) is 7.05 Å². The quantitative estimate of drug-likeness (QED) is 0.785. The molecule has 0 radical (unpaired) electrons. The first kappa shape index (κ1) is 12.4. The normalized spacial score (nSPS) is 10.7. The molecule has 0 atom stereocenters. The third-order valence-corrected chi connectivity index (χ3v) is 3.35. The summed E-state index contributed by atoms with van der Waals surface area (Å²) in [6.45, 7) is 2.86. The monoisotopic (exact) mass is 268 g/mol. The van der Waals surface area contributed by atoms with Crippen LogP contribution in [0.2, 0.25) is 0 Å². The highest BCUT2D eigenvalue weighted by Gasteiger charge is 2.04. The van der Waals surface area contributed by atoms with E-state index < -0.39 is 0 Å². The summed E-state index contributed by atoms with van der Waals surface area (Å²) in [5.41, 5.74) is 4.45. The van der Waals surface area contributed by atoms with E-state index in [9.17, 15) is 0 Å². The fourth-order valence-electron chi connectivity index (χ4n) is 2.09. The molecule has 0 fully saturated rings. The summed E-state index contributed by atoms with van der Waals surface area (Å²) in [7, 11) is 2.04. The fourth-order valence-corrected chi connectivity index (χ4v) is 2.09. The van der Waals surface area contributed by atoms with Crippen LogP contribution in [0.15, 0.2) is 42.9 Å². The Bertz CT molecular complexity index is 698. The minimum atomic E-state index is 0.781. The highest BCUT2D eigenvalue weighted by Crippen LogP contribution is 2.19. The van der Waals surface area contributed by atoms with Gasteiger partial charge in [0, 0.05) is 24.6 Å². The molecule has 102 valence electrons. The highest BCUT2D eigenvalue weighted by molar-refractivity contribution is 5.56. The van der Waals surface area contributed by atoms with Crippen LogP contribution in [0.4, 0.5) is 5.69 Å². The molecule has 6 heteroatoms. The van der Waals surface area contributed by atoms with Gasteiger partial charge in [0.1, 0.15) is 6.33 Å². The molecule has 0 aliphatic rings. The van der Waals surface area contributed by atoms with Crippen molar-refractivity contribution >= 4 is 5.69 Å². The number of tetrazole rings is 1. The number of nitrogens with zero attached hydrogens (tertiary/aromatic N) is 5. The van der Waals surface area contributed by atoms with Gasteiger partial charge in [-0.15, -0.1) is 5.10 Å². The van der Waals surface area contributed by atoms with Crippen LogP contribution < -0.4 is 5.32 Å². The predicted molar refractivity (Wildman–Crippen MR) is 76.6 cm³/mol. The van der Waals surface area contributed by atoms with Gasteiger partial charge < -0.3 is 9.88 Å². The van der Waals surface area contributed by atoms with Crippen LogP contribution in [0, 0.1) is 6.92 Å². The highest BCUT2D eigenvalue weighted by atomic mass is 15.5. The number of hydrogen-bond donors (Lipinski definition) is 1. The summed E-state index contributed by atoms with van der Waals surface area (Å²) in [5, 5.41) is 14.7. The van der Waals surface area contributed by atoms with E-state index in [1.54, 1.807) is 11.0 Å². The molecule has 0 unspecified atom stereocenters. The molecule has 2 heterocycles. The maximum atomic E-state index is 3.91. The van der Waals surface area contributed by atoms with E-state index in [2.05, 4.69) is 50.5 Å². The van der Waals surface area contributed by atoms with Crippen molar-refractivity contribution in [1.29, 1.82) is 0 Å². The molecule has 3 aromatic rings. The lowest BCUT2D eigenvalue weighted by molar-refractivity contribution is 0.788. The molecule has 0 bridgehead atoms. The van der Waals surface area contributed by atoms with Gasteiger partial charge in [0.15, 0.2) is 0 Å². The van der Waals surface area contributed by atoms with Crippen molar-refractivity contribution in [3.05, 3.63) is 54.1 Å². The molecule has 6 nitrogen and oxygen atoms in total. The van der Waals surface area contributed by atoms with E-state index in [4.69, 9.17) is 0 Å². The van der Waals surface area contributed by atoms with Gasteiger partial charge in [0.2, 0.25) is 0 Å². The van der Waals surface area contributed by atoms with E-state index >= 15 is 0 Å². The standard InChI is InChI=1S/C14H16N6/c1-11-5-6-12(20-10-16-17-18-20)8-14(11)15-9-13-4-3-7-19(13)2/h3-8,10,15H,9H2,1-2H3. The van der Waals surface area contributed by atoms with Gasteiger partial charge in [-0.2, -0.15) is 0 Å². The number of aromatic nitrogens is 5. The van der Waals surface area contributed by atoms with Gasteiger partial charge in [0.25, 0.3) is 0 Å². The molecular weight excluding hydrogens is 252 g/mol. The maximum absolute atomic E-state index is 3.91. The SMILES string of the molecule is Cc1ccc(-n2cnnn2)cc1NCc1cccn1C. The summed E-state index contributed by atoms with van der Waals surface area (Å²) < 4.78 is 3.75. The Hall–Kier alpha value is -2.63. The zero-order valence-electron chi connectivity index (χ0n) is 11.5. The van der Waals surface area contributed by atoms with Crippen molar-refractivity contribution in [3.63, 3.8) is 0 Å². The van der Waals surface area contributed by atoms with Gasteiger partial charge in [0.05, 0.1) is 12.2 Å². The lowest BCUT2D eigenvalue weighted by atomic mass is 10.1. The van der Waals surface area contributed by atoms with Crippen LogP contribution >= 0.6 is 0 Å². The number of nitrogens with one attached hydrogen (secondary N) is 1. The molecule has 0 saturated carbocycles. The lowest BCUT2D eigenvalue weighted by Crippen LogP contribution is -2.06. The molecule has 0 spiro atoms. The molecule has 0 aliphatic heterocycles. The van der Waals surface area contributed by atoms with Gasteiger partial charge in [-0.1, -0.05) is 6.07 Å². The third-order valence-electron chi connectivity index (χ3n) is 3.35. The molecule has 0 saturated heterocycles. The number of anilines is 1. The molecule has 0 aliphatic carbocycles. The number of benzene rings is 1. The third kappa shape index (κ3) is 2.40. The first-order chi connectivity index (χ1) is 9.74. The second-order valence-corrected chi connectivity index (χ2v) is 4.72. The maximum Gasteiger partial charge on any atom is 0.143 e. The molecular formula is C14H16N6. The summed E-state index contributed by atoms with van der Waals surface area (Å²) in [6, 6.07) is 10.3. The number of hydrogen-bond acceptors (Lipinski definition) is 4. The van der Waals surface area contributed by atoms with Crippen LogP contribution in [-0.4, -0.2) is 24.8 Å². The largest absolute Gasteiger partial charge is 0.379 e. The summed E-state index contributed by atoms with van der Waals surface area (Å²) in [6.07, 6.45) is 3.63. The van der Waals surface area contributed by atoms with Gasteiger partial charge in [-0.3, -0.25) is 0 Å². The van der Waals surface area contributed by atoms with E-state index in [-0.39, 0.29) is 0 Å². The van der Waals surface area contributed by atoms with Gasteiger partial charge in [-0.25, -0.2) is 4.68 Å². The Balaban J connectivity index is 1.82. The smallest absolute Gasteiger partial charge is 0.143 e. The topological polar surface area (TPSA) is 60.6 Å². The van der Waals surface area contributed by atoms with E-state index in [0.29, 0.717) is 0 Å². The van der Waals surface area contributed by atoms with Crippen LogP contribution in [0.3, 0.4) is 0 Å². The van der Waals surface area contributed by atoms with Crippen molar-refractivity contribution in [2.45, 2.75) is 13.5 Å². The fraction of sp³-hybridized carbons (Fsp3) is 0.214. The molecule has 0 amide bonds. The Morgan fingerprint density at radius 1 is 1.25 bits per heavy atom. The van der Waals surface area contributed by atoms with E-state index in [1.165, 1.54) is 11.3 Å². The van der Waals surface area contributed by atoms with E-state index in [1.807, 2.05) is 25.4 Å². The van der Waals surface area contributed by atoms with Crippen molar-refractivity contribution in [2.75, 3.05) is 5.32 Å². The lowest BCUT2D eigenvalue weighted by Gasteiger charge is -2.12. The van der Waals surface area contributed by atoms with Crippen LogP contribution in [0.25, 0.3) is 5.69 Å². The van der Waals surface area contributed by atoms with Crippen LogP contribution in [0.5, 0.6) is 0 Å². The molecule has 2 aromatic heterocycles. The van der Waals surface area contributed by atoms with Crippen LogP contribution in [-0.2, 0) is 13.6 Å². The Kier molecular flexibility index (Phi) is 3.20. The first-order valence-electron chi connectivity index (χ1n) is 6.42. The summed E-state index contributed by atoms with van der Waals surface area (Å²) >= 11 is 0. The first-order valence-corrected chi connectivity index (χ1v) is 6.42.